The van der Waals surface area contributed by atoms with Gasteiger partial charge in [-0.3, -0.25) is 5.10 Å². The monoisotopic (exact) mass is 278 g/mol. The van der Waals surface area contributed by atoms with Crippen molar-refractivity contribution in [2.75, 3.05) is 17.6 Å². The summed E-state index contributed by atoms with van der Waals surface area (Å²) in [4.78, 5) is 0. The lowest BCUT2D eigenvalue weighted by Gasteiger charge is -2.11. The number of H-pyrrole nitrogens is 1. The fourth-order valence-corrected chi connectivity index (χ4v) is 2.19. The number of aromatic amines is 1. The molecule has 0 spiro atoms. The standard InChI is InChI=1S/C14H19ClN4/c1-9-6-13(16)12(15)7-14(9)17-5-3-4-11-8-18-19-10(11)2/h6-8,17H,3-5,16H2,1-2H3,(H,18,19). The van der Waals surface area contributed by atoms with Crippen LogP contribution in [0.25, 0.3) is 0 Å². The Bertz CT molecular complexity index is 563. The van der Waals surface area contributed by atoms with Crippen LogP contribution in [0.3, 0.4) is 0 Å². The highest BCUT2D eigenvalue weighted by Crippen LogP contribution is 2.26. The maximum Gasteiger partial charge on any atom is 0.0656 e. The smallest absolute Gasteiger partial charge is 0.0656 e. The predicted octanol–water partition coefficient (Wildman–Crippen LogP) is 3.31. The molecule has 0 aliphatic heterocycles. The van der Waals surface area contributed by atoms with Crippen molar-refractivity contribution in [1.29, 1.82) is 0 Å². The van der Waals surface area contributed by atoms with Crippen LogP contribution in [-0.4, -0.2) is 16.7 Å². The summed E-state index contributed by atoms with van der Waals surface area (Å²) in [6.45, 7) is 4.96. The molecule has 0 saturated heterocycles. The number of aryl methyl sites for hydroxylation is 3. The zero-order valence-electron chi connectivity index (χ0n) is 11.3. The average molecular weight is 279 g/mol. The van der Waals surface area contributed by atoms with Gasteiger partial charge in [-0.15, -0.1) is 0 Å². The van der Waals surface area contributed by atoms with E-state index in [0.29, 0.717) is 10.7 Å². The van der Waals surface area contributed by atoms with Crippen LogP contribution in [0.15, 0.2) is 18.3 Å². The van der Waals surface area contributed by atoms with E-state index in [0.717, 1.165) is 36.3 Å². The molecule has 5 heteroatoms. The van der Waals surface area contributed by atoms with Crippen LogP contribution in [0.1, 0.15) is 23.2 Å². The zero-order chi connectivity index (χ0) is 13.8. The van der Waals surface area contributed by atoms with Crippen LogP contribution < -0.4 is 11.1 Å². The number of benzene rings is 1. The van der Waals surface area contributed by atoms with E-state index in [2.05, 4.69) is 15.5 Å². The highest BCUT2D eigenvalue weighted by molar-refractivity contribution is 6.33. The van der Waals surface area contributed by atoms with Crippen molar-refractivity contribution in [3.63, 3.8) is 0 Å². The quantitative estimate of drug-likeness (QED) is 0.581. The molecule has 102 valence electrons. The van der Waals surface area contributed by atoms with Gasteiger partial charge in [0, 0.05) is 17.9 Å². The van der Waals surface area contributed by atoms with Crippen molar-refractivity contribution in [3.8, 4) is 0 Å². The molecular weight excluding hydrogens is 260 g/mol. The molecule has 0 saturated carbocycles. The van der Waals surface area contributed by atoms with Gasteiger partial charge in [0.2, 0.25) is 0 Å². The first-order valence-electron chi connectivity index (χ1n) is 6.36. The predicted molar refractivity (Wildman–Crippen MR) is 80.7 cm³/mol. The van der Waals surface area contributed by atoms with Gasteiger partial charge in [-0.2, -0.15) is 5.10 Å². The fraction of sp³-hybridized carbons (Fsp3) is 0.357. The van der Waals surface area contributed by atoms with Gasteiger partial charge in [-0.1, -0.05) is 11.6 Å². The molecule has 0 unspecified atom stereocenters. The summed E-state index contributed by atoms with van der Waals surface area (Å²) in [5.74, 6) is 0. The number of aromatic nitrogens is 2. The van der Waals surface area contributed by atoms with Crippen LogP contribution in [-0.2, 0) is 6.42 Å². The molecule has 1 aromatic heterocycles. The summed E-state index contributed by atoms with van der Waals surface area (Å²) in [5, 5.41) is 11.0. The number of nitrogen functional groups attached to an aromatic ring is 1. The molecule has 4 N–H and O–H groups in total. The second-order valence-electron chi connectivity index (χ2n) is 4.74. The Morgan fingerprint density at radius 1 is 1.37 bits per heavy atom. The Balaban J connectivity index is 1.86. The fourth-order valence-electron chi connectivity index (χ4n) is 2.02. The highest BCUT2D eigenvalue weighted by atomic mass is 35.5. The van der Waals surface area contributed by atoms with Gasteiger partial charge in [0.1, 0.15) is 0 Å². The summed E-state index contributed by atoms with van der Waals surface area (Å²) in [7, 11) is 0. The van der Waals surface area contributed by atoms with Crippen molar-refractivity contribution in [2.24, 2.45) is 0 Å². The van der Waals surface area contributed by atoms with Gasteiger partial charge in [0.05, 0.1) is 16.9 Å². The van der Waals surface area contributed by atoms with Gasteiger partial charge in [0.15, 0.2) is 0 Å². The third-order valence-corrected chi connectivity index (χ3v) is 3.54. The first-order valence-corrected chi connectivity index (χ1v) is 6.74. The molecule has 2 rings (SSSR count). The Kier molecular flexibility index (Phi) is 4.32. The molecule has 0 fully saturated rings. The molecular formula is C14H19ClN4. The lowest BCUT2D eigenvalue weighted by molar-refractivity contribution is 0.856. The molecule has 19 heavy (non-hydrogen) atoms. The Morgan fingerprint density at radius 3 is 2.84 bits per heavy atom. The van der Waals surface area contributed by atoms with E-state index in [1.807, 2.05) is 32.2 Å². The van der Waals surface area contributed by atoms with Crippen LogP contribution in [0.4, 0.5) is 11.4 Å². The lowest BCUT2D eigenvalue weighted by atomic mass is 10.1. The summed E-state index contributed by atoms with van der Waals surface area (Å²) < 4.78 is 0. The van der Waals surface area contributed by atoms with Gasteiger partial charge in [0.25, 0.3) is 0 Å². The highest BCUT2D eigenvalue weighted by Gasteiger charge is 2.04. The van der Waals surface area contributed by atoms with Gasteiger partial charge >= 0.3 is 0 Å². The van der Waals surface area contributed by atoms with Crippen molar-refractivity contribution in [3.05, 3.63) is 40.2 Å². The number of nitrogens with zero attached hydrogens (tertiary/aromatic N) is 1. The first kappa shape index (κ1) is 13.7. The molecule has 2 aromatic rings. The van der Waals surface area contributed by atoms with E-state index in [9.17, 15) is 0 Å². The Labute approximate surface area is 118 Å². The van der Waals surface area contributed by atoms with Crippen molar-refractivity contribution in [2.45, 2.75) is 26.7 Å². The summed E-state index contributed by atoms with van der Waals surface area (Å²) in [6.07, 6.45) is 3.94. The molecule has 0 radical (unpaired) electrons. The normalized spacial score (nSPS) is 10.7. The zero-order valence-corrected chi connectivity index (χ0v) is 12.0. The SMILES string of the molecule is Cc1cc(N)c(Cl)cc1NCCCc1cn[nH]c1C. The van der Waals surface area contributed by atoms with Crippen LogP contribution in [0, 0.1) is 13.8 Å². The minimum absolute atomic E-state index is 0.596. The van der Waals surface area contributed by atoms with Crippen molar-refractivity contribution < 1.29 is 0 Å². The van der Waals surface area contributed by atoms with Crippen molar-refractivity contribution in [1.82, 2.24) is 10.2 Å². The average Bonchev–Trinajstić information content (AvgIpc) is 2.77. The number of anilines is 2. The van der Waals surface area contributed by atoms with Crippen molar-refractivity contribution >= 4 is 23.0 Å². The number of nitrogens with two attached hydrogens (primary N) is 1. The number of rotatable bonds is 5. The number of nitrogens with one attached hydrogen (secondary N) is 2. The molecule has 0 aliphatic carbocycles. The van der Waals surface area contributed by atoms with Crippen LogP contribution in [0.5, 0.6) is 0 Å². The second kappa shape index (κ2) is 5.97. The topological polar surface area (TPSA) is 66.7 Å². The maximum absolute atomic E-state index is 6.02. The minimum atomic E-state index is 0.596. The van der Waals surface area contributed by atoms with E-state index in [-0.39, 0.29) is 0 Å². The molecule has 0 atom stereocenters. The molecule has 1 heterocycles. The molecule has 1 aromatic carbocycles. The lowest BCUT2D eigenvalue weighted by Crippen LogP contribution is -2.05. The summed E-state index contributed by atoms with van der Waals surface area (Å²) in [6, 6.07) is 3.78. The first-order chi connectivity index (χ1) is 9.08. The minimum Gasteiger partial charge on any atom is -0.398 e. The van der Waals surface area contributed by atoms with Gasteiger partial charge in [-0.25, -0.2) is 0 Å². The van der Waals surface area contributed by atoms with Gasteiger partial charge < -0.3 is 11.1 Å². The molecule has 0 amide bonds. The number of halogens is 1. The van der Waals surface area contributed by atoms with E-state index >= 15 is 0 Å². The molecule has 0 bridgehead atoms. The Hall–Kier alpha value is -1.68. The number of hydrogen-bond donors (Lipinski definition) is 3. The summed E-state index contributed by atoms with van der Waals surface area (Å²) in [5.41, 5.74) is 11.0. The third kappa shape index (κ3) is 3.41. The van der Waals surface area contributed by atoms with Crippen LogP contribution >= 0.6 is 11.6 Å². The van der Waals surface area contributed by atoms with E-state index in [4.69, 9.17) is 17.3 Å². The van der Waals surface area contributed by atoms with Crippen LogP contribution in [0.2, 0.25) is 5.02 Å². The van der Waals surface area contributed by atoms with Gasteiger partial charge in [-0.05, 0) is 49.9 Å². The Morgan fingerprint density at radius 2 is 2.16 bits per heavy atom. The molecule has 0 aliphatic rings. The van der Waals surface area contributed by atoms with E-state index in [1.54, 1.807) is 0 Å². The number of hydrogen-bond acceptors (Lipinski definition) is 3. The van der Waals surface area contributed by atoms with E-state index in [1.165, 1.54) is 5.56 Å². The third-order valence-electron chi connectivity index (χ3n) is 3.22. The summed E-state index contributed by atoms with van der Waals surface area (Å²) >= 11 is 6.02. The molecule has 4 nitrogen and oxygen atoms in total. The van der Waals surface area contributed by atoms with E-state index < -0.39 is 0 Å². The second-order valence-corrected chi connectivity index (χ2v) is 5.15. The maximum atomic E-state index is 6.02. The largest absolute Gasteiger partial charge is 0.398 e.